The normalized spacial score (nSPS) is 10.2. The fourth-order valence-electron chi connectivity index (χ4n) is 2.36. The smallest absolute Gasteiger partial charge is 0.341 e. The van der Waals surface area contributed by atoms with E-state index in [0.29, 0.717) is 23.5 Å². The van der Waals surface area contributed by atoms with Crippen molar-refractivity contribution in [2.24, 2.45) is 0 Å². The molecule has 5 nitrogen and oxygen atoms in total. The minimum atomic E-state index is -0.572. The fourth-order valence-corrected chi connectivity index (χ4v) is 2.36. The van der Waals surface area contributed by atoms with Crippen molar-refractivity contribution in [2.75, 3.05) is 19.5 Å². The van der Waals surface area contributed by atoms with Crippen LogP contribution < -0.4 is 10.1 Å². The third-order valence-corrected chi connectivity index (χ3v) is 3.52. The number of hydrogen-bond donors (Lipinski definition) is 1. The molecule has 0 amide bonds. The number of benzene rings is 2. The van der Waals surface area contributed by atoms with Crippen molar-refractivity contribution < 1.29 is 23.5 Å². The number of methoxy groups -OCH3 is 2. The number of anilines is 1. The lowest BCUT2D eigenvalue weighted by atomic mass is 10.1. The van der Waals surface area contributed by atoms with Gasteiger partial charge in [0.05, 0.1) is 19.8 Å². The number of ketones is 1. The number of Topliss-reactive ketones (excluding diaryl/α,β-unsaturated/α-hetero) is 1. The van der Waals surface area contributed by atoms with Crippen LogP contribution in [0.25, 0.3) is 0 Å². The van der Waals surface area contributed by atoms with Crippen LogP contribution in [0.15, 0.2) is 36.4 Å². The number of carbonyl (C=O) groups excluding carboxylic acids is 2. The van der Waals surface area contributed by atoms with Crippen molar-refractivity contribution in [2.45, 2.75) is 13.5 Å². The number of ether oxygens (including phenoxy) is 2. The van der Waals surface area contributed by atoms with E-state index in [0.717, 1.165) is 5.56 Å². The van der Waals surface area contributed by atoms with Gasteiger partial charge in [0.25, 0.3) is 0 Å². The van der Waals surface area contributed by atoms with Crippen LogP contribution in [0.3, 0.4) is 0 Å². The van der Waals surface area contributed by atoms with Gasteiger partial charge in [-0.1, -0.05) is 12.1 Å². The first-order valence-corrected chi connectivity index (χ1v) is 7.26. The van der Waals surface area contributed by atoms with E-state index < -0.39 is 11.8 Å². The Kier molecular flexibility index (Phi) is 5.52. The summed E-state index contributed by atoms with van der Waals surface area (Å²) >= 11 is 0. The molecule has 0 aliphatic carbocycles. The van der Waals surface area contributed by atoms with Gasteiger partial charge in [-0.05, 0) is 36.8 Å². The minimum Gasteiger partial charge on any atom is -0.496 e. The lowest BCUT2D eigenvalue weighted by Crippen LogP contribution is -2.09. The Morgan fingerprint density at radius 3 is 2.54 bits per heavy atom. The molecule has 24 heavy (non-hydrogen) atoms. The number of halogens is 1. The zero-order valence-electron chi connectivity index (χ0n) is 13.7. The summed E-state index contributed by atoms with van der Waals surface area (Å²) in [6.45, 7) is 1.62. The molecule has 2 rings (SSSR count). The number of hydrogen-bond acceptors (Lipinski definition) is 5. The van der Waals surface area contributed by atoms with Crippen LogP contribution in [0.1, 0.15) is 33.2 Å². The third kappa shape index (κ3) is 3.71. The van der Waals surface area contributed by atoms with Crippen LogP contribution in [0.2, 0.25) is 0 Å². The van der Waals surface area contributed by atoms with Gasteiger partial charge in [0.2, 0.25) is 0 Å². The van der Waals surface area contributed by atoms with Crippen molar-refractivity contribution in [1.29, 1.82) is 0 Å². The topological polar surface area (TPSA) is 64.6 Å². The molecule has 0 aromatic heterocycles. The highest BCUT2D eigenvalue weighted by atomic mass is 19.1. The van der Waals surface area contributed by atoms with Crippen LogP contribution in [0.5, 0.6) is 5.75 Å². The number of esters is 1. The highest BCUT2D eigenvalue weighted by molar-refractivity contribution is 5.99. The van der Waals surface area contributed by atoms with Crippen molar-refractivity contribution in [3.63, 3.8) is 0 Å². The minimum absolute atomic E-state index is 0.0132. The second-order valence-corrected chi connectivity index (χ2v) is 5.10. The Labute approximate surface area is 139 Å². The predicted octanol–water partition coefficient (Wildman–Crippen LogP) is 3.44. The molecule has 0 heterocycles. The first-order valence-electron chi connectivity index (χ1n) is 7.26. The van der Waals surface area contributed by atoms with E-state index in [1.807, 2.05) is 0 Å². The number of rotatable bonds is 6. The first-order chi connectivity index (χ1) is 11.5. The zero-order valence-corrected chi connectivity index (χ0v) is 13.7. The van der Waals surface area contributed by atoms with Gasteiger partial charge in [-0.25, -0.2) is 9.18 Å². The van der Waals surface area contributed by atoms with Gasteiger partial charge in [-0.2, -0.15) is 0 Å². The van der Waals surface area contributed by atoms with Gasteiger partial charge in [0.15, 0.2) is 5.78 Å². The van der Waals surface area contributed by atoms with E-state index in [1.54, 1.807) is 24.3 Å². The monoisotopic (exact) mass is 331 g/mol. The maximum atomic E-state index is 13.8. The van der Waals surface area contributed by atoms with Crippen LogP contribution in [-0.4, -0.2) is 26.0 Å². The highest BCUT2D eigenvalue weighted by Gasteiger charge is 2.15. The van der Waals surface area contributed by atoms with Gasteiger partial charge in [0, 0.05) is 12.2 Å². The quantitative estimate of drug-likeness (QED) is 0.649. The molecule has 0 atom stereocenters. The summed E-state index contributed by atoms with van der Waals surface area (Å²) in [4.78, 5) is 23.4. The Morgan fingerprint density at radius 2 is 1.92 bits per heavy atom. The predicted molar refractivity (Wildman–Crippen MR) is 88.1 cm³/mol. The van der Waals surface area contributed by atoms with Gasteiger partial charge >= 0.3 is 5.97 Å². The average Bonchev–Trinajstić information content (AvgIpc) is 2.58. The first kappa shape index (κ1) is 17.5. The average molecular weight is 331 g/mol. The van der Waals surface area contributed by atoms with Gasteiger partial charge in [-0.15, -0.1) is 0 Å². The summed E-state index contributed by atoms with van der Waals surface area (Å²) in [6.07, 6.45) is 0. The van der Waals surface area contributed by atoms with Crippen LogP contribution >= 0.6 is 0 Å². The van der Waals surface area contributed by atoms with E-state index in [1.165, 1.54) is 33.3 Å². The molecule has 2 aromatic rings. The molecule has 0 unspecified atom stereocenters. The molecule has 1 N–H and O–H groups in total. The maximum absolute atomic E-state index is 13.8. The molecule has 0 saturated heterocycles. The Bertz CT molecular complexity index is 774. The molecule has 0 aliphatic heterocycles. The van der Waals surface area contributed by atoms with Gasteiger partial charge in [-0.3, -0.25) is 4.79 Å². The lowest BCUT2D eigenvalue weighted by Gasteiger charge is -2.13. The molecular weight excluding hydrogens is 313 g/mol. The van der Waals surface area contributed by atoms with Crippen molar-refractivity contribution in [3.8, 4) is 5.75 Å². The number of nitrogens with one attached hydrogen (secondary N) is 1. The van der Waals surface area contributed by atoms with Crippen molar-refractivity contribution >= 4 is 17.4 Å². The summed E-state index contributed by atoms with van der Waals surface area (Å²) in [5.74, 6) is -1.04. The van der Waals surface area contributed by atoms with E-state index in [-0.39, 0.29) is 11.3 Å². The Balaban J connectivity index is 2.26. The Morgan fingerprint density at radius 1 is 1.17 bits per heavy atom. The second-order valence-electron chi connectivity index (χ2n) is 5.10. The molecule has 0 fully saturated rings. The fraction of sp³-hybridized carbons (Fsp3) is 0.222. The maximum Gasteiger partial charge on any atom is 0.341 e. The number of carbonyl (C=O) groups is 2. The summed E-state index contributed by atoms with van der Waals surface area (Å²) in [5.41, 5.74) is 1.47. The van der Waals surface area contributed by atoms with Crippen LogP contribution in [-0.2, 0) is 11.3 Å². The molecule has 0 saturated carbocycles. The zero-order chi connectivity index (χ0) is 17.7. The summed E-state index contributed by atoms with van der Waals surface area (Å²) < 4.78 is 23.7. The van der Waals surface area contributed by atoms with E-state index >= 15 is 0 Å². The van der Waals surface area contributed by atoms with Crippen molar-refractivity contribution in [3.05, 3.63) is 58.9 Å². The standard InChI is InChI=1S/C18H18FNO4/c1-11(21)17-14(19)5-4-6-15(17)20-10-12-7-8-16(23-2)13(9-12)18(22)24-3/h4-9,20H,10H2,1-3H3. The van der Waals surface area contributed by atoms with E-state index in [4.69, 9.17) is 9.47 Å². The Hall–Kier alpha value is -2.89. The molecule has 0 aliphatic rings. The SMILES string of the molecule is COC(=O)c1cc(CNc2cccc(F)c2C(C)=O)ccc1OC. The molecule has 126 valence electrons. The summed E-state index contributed by atoms with van der Waals surface area (Å²) in [7, 11) is 2.75. The highest BCUT2D eigenvalue weighted by Crippen LogP contribution is 2.23. The molecule has 6 heteroatoms. The molecule has 0 bridgehead atoms. The molecule has 0 spiro atoms. The third-order valence-electron chi connectivity index (χ3n) is 3.52. The largest absolute Gasteiger partial charge is 0.496 e. The molecule has 2 aromatic carbocycles. The van der Waals surface area contributed by atoms with Gasteiger partial charge in [0.1, 0.15) is 17.1 Å². The van der Waals surface area contributed by atoms with Crippen LogP contribution in [0, 0.1) is 5.82 Å². The summed E-state index contributed by atoms with van der Waals surface area (Å²) in [6, 6.07) is 9.45. The van der Waals surface area contributed by atoms with E-state index in [9.17, 15) is 14.0 Å². The van der Waals surface area contributed by atoms with Crippen molar-refractivity contribution in [1.82, 2.24) is 0 Å². The molecule has 0 radical (unpaired) electrons. The van der Waals surface area contributed by atoms with E-state index in [2.05, 4.69) is 5.32 Å². The van der Waals surface area contributed by atoms with Crippen LogP contribution in [0.4, 0.5) is 10.1 Å². The second kappa shape index (κ2) is 7.59. The molecular formula is C18H18FNO4. The summed E-state index contributed by atoms with van der Waals surface area (Å²) in [5, 5.41) is 3.02. The van der Waals surface area contributed by atoms with Gasteiger partial charge < -0.3 is 14.8 Å². The lowest BCUT2D eigenvalue weighted by molar-refractivity contribution is 0.0597.